The molecule has 7 nitrogen and oxygen atoms in total. The Morgan fingerprint density at radius 3 is 2.82 bits per heavy atom. The summed E-state index contributed by atoms with van der Waals surface area (Å²) in [5.74, 6) is 1.22. The largest absolute Gasteiger partial charge is 0.497 e. The van der Waals surface area contributed by atoms with Gasteiger partial charge in [0, 0.05) is 23.0 Å². The molecule has 6 rings (SSSR count). The van der Waals surface area contributed by atoms with Crippen LogP contribution in [-0.4, -0.2) is 27.6 Å². The zero-order valence-corrected chi connectivity index (χ0v) is 18.9. The molecular weight excluding hydrogens is 436 g/mol. The molecule has 0 aliphatic carbocycles. The first-order chi connectivity index (χ1) is 16.0. The number of carbonyl (C=O) groups is 1. The molecule has 0 fully saturated rings. The topological polar surface area (TPSA) is 89.0 Å². The second-order valence-electron chi connectivity index (χ2n) is 8.09. The van der Waals surface area contributed by atoms with Gasteiger partial charge in [-0.2, -0.15) is 0 Å². The quantitative estimate of drug-likeness (QED) is 0.411. The lowest BCUT2D eigenvalue weighted by Gasteiger charge is -2.18. The number of aromatic nitrogens is 3. The number of nitrogens with one attached hydrogen (secondary N) is 2. The summed E-state index contributed by atoms with van der Waals surface area (Å²) in [6, 6.07) is 14.9. The van der Waals surface area contributed by atoms with Crippen LogP contribution in [0.4, 0.5) is 5.00 Å². The first-order valence-electron chi connectivity index (χ1n) is 10.6. The van der Waals surface area contributed by atoms with Gasteiger partial charge in [-0.05, 0) is 54.8 Å². The maximum Gasteiger partial charge on any atom is 0.262 e. The Balaban J connectivity index is 1.49. The molecule has 0 saturated heterocycles. The van der Waals surface area contributed by atoms with Crippen LogP contribution in [0.2, 0.25) is 0 Å². The van der Waals surface area contributed by atoms with Crippen molar-refractivity contribution in [2.24, 2.45) is 0 Å². The number of hydrogen-bond donors (Lipinski definition) is 2. The zero-order chi connectivity index (χ0) is 22.7. The van der Waals surface area contributed by atoms with E-state index in [1.54, 1.807) is 23.8 Å². The van der Waals surface area contributed by atoms with Crippen LogP contribution in [-0.2, 0) is 13.0 Å². The van der Waals surface area contributed by atoms with Crippen molar-refractivity contribution in [3.8, 4) is 17.3 Å². The molecule has 33 heavy (non-hydrogen) atoms. The first-order valence-corrected chi connectivity index (χ1v) is 11.5. The number of hydrogen-bond acceptors (Lipinski definition) is 5. The molecule has 4 heterocycles. The Labute approximate surface area is 192 Å². The lowest BCUT2D eigenvalue weighted by molar-refractivity contribution is 0.102. The Bertz CT molecular complexity index is 1630. The highest BCUT2D eigenvalue weighted by atomic mass is 32.1. The van der Waals surface area contributed by atoms with E-state index >= 15 is 0 Å². The minimum atomic E-state index is -0.207. The second kappa shape index (κ2) is 7.31. The van der Waals surface area contributed by atoms with Gasteiger partial charge in [0.05, 0.1) is 18.2 Å². The van der Waals surface area contributed by atoms with Gasteiger partial charge >= 0.3 is 0 Å². The average Bonchev–Trinajstić information content (AvgIpc) is 3.37. The van der Waals surface area contributed by atoms with Gasteiger partial charge < -0.3 is 15.0 Å². The number of fused-ring (bicyclic) bond motifs is 6. The van der Waals surface area contributed by atoms with Crippen LogP contribution in [0.15, 0.2) is 53.3 Å². The SMILES string of the molecule is COc1ccc2[nH]c3c(c2c1)CCn1c-3nc2sc(NC(=O)c3ccccc3)c(C)c2c1=O. The number of rotatable bonds is 3. The Morgan fingerprint density at radius 1 is 1.21 bits per heavy atom. The van der Waals surface area contributed by atoms with E-state index in [-0.39, 0.29) is 11.5 Å². The normalized spacial score (nSPS) is 12.5. The van der Waals surface area contributed by atoms with E-state index in [4.69, 9.17) is 9.72 Å². The number of amides is 1. The van der Waals surface area contributed by atoms with Gasteiger partial charge in [-0.3, -0.25) is 14.2 Å². The molecule has 0 unspecified atom stereocenters. The molecule has 0 saturated carbocycles. The minimum Gasteiger partial charge on any atom is -0.497 e. The molecule has 0 atom stereocenters. The molecule has 1 aliphatic rings. The number of aryl methyl sites for hydroxylation is 2. The molecule has 8 heteroatoms. The fourth-order valence-corrected chi connectivity index (χ4v) is 5.59. The number of H-pyrrole nitrogens is 1. The molecule has 164 valence electrons. The monoisotopic (exact) mass is 456 g/mol. The summed E-state index contributed by atoms with van der Waals surface area (Å²) in [4.78, 5) is 35.1. The number of anilines is 1. The highest BCUT2D eigenvalue weighted by Gasteiger charge is 2.26. The van der Waals surface area contributed by atoms with Crippen LogP contribution in [0.1, 0.15) is 21.5 Å². The number of benzene rings is 2. The summed E-state index contributed by atoms with van der Waals surface area (Å²) in [6.07, 6.45) is 0.726. The number of nitrogens with zero attached hydrogens (tertiary/aromatic N) is 2. The molecule has 0 radical (unpaired) electrons. The van der Waals surface area contributed by atoms with Crippen LogP contribution in [0, 0.1) is 6.92 Å². The summed E-state index contributed by atoms with van der Waals surface area (Å²) in [5.41, 5.74) is 4.23. The van der Waals surface area contributed by atoms with Gasteiger partial charge in [0.15, 0.2) is 5.82 Å². The van der Waals surface area contributed by atoms with Crippen LogP contribution in [0.25, 0.3) is 32.6 Å². The smallest absolute Gasteiger partial charge is 0.262 e. The van der Waals surface area contributed by atoms with Gasteiger partial charge in [0.25, 0.3) is 11.5 Å². The van der Waals surface area contributed by atoms with Crippen LogP contribution >= 0.6 is 11.3 Å². The second-order valence-corrected chi connectivity index (χ2v) is 9.09. The van der Waals surface area contributed by atoms with Gasteiger partial charge in [-0.1, -0.05) is 29.5 Å². The number of thiophene rings is 1. The molecule has 0 bridgehead atoms. The van der Waals surface area contributed by atoms with Crippen molar-refractivity contribution in [1.82, 2.24) is 14.5 Å². The predicted octanol–water partition coefficient (Wildman–Crippen LogP) is 4.73. The van der Waals surface area contributed by atoms with E-state index < -0.39 is 0 Å². The van der Waals surface area contributed by atoms with E-state index in [1.807, 2.05) is 43.3 Å². The van der Waals surface area contributed by atoms with E-state index in [2.05, 4.69) is 10.3 Å². The van der Waals surface area contributed by atoms with E-state index in [9.17, 15) is 9.59 Å². The van der Waals surface area contributed by atoms with E-state index in [1.165, 1.54) is 11.3 Å². The summed E-state index contributed by atoms with van der Waals surface area (Å²) >= 11 is 1.33. The van der Waals surface area contributed by atoms with Crippen molar-refractivity contribution >= 4 is 43.4 Å². The molecule has 3 aromatic heterocycles. The van der Waals surface area contributed by atoms with Crippen molar-refractivity contribution < 1.29 is 9.53 Å². The van der Waals surface area contributed by atoms with E-state index in [0.717, 1.165) is 39.9 Å². The van der Waals surface area contributed by atoms with Gasteiger partial charge in [-0.25, -0.2) is 4.98 Å². The number of methoxy groups -OCH3 is 1. The highest BCUT2D eigenvalue weighted by Crippen LogP contribution is 2.38. The molecule has 1 aliphatic heterocycles. The molecule has 0 spiro atoms. The van der Waals surface area contributed by atoms with Crippen molar-refractivity contribution in [1.29, 1.82) is 0 Å². The van der Waals surface area contributed by atoms with Crippen molar-refractivity contribution in [2.75, 3.05) is 12.4 Å². The van der Waals surface area contributed by atoms with Crippen molar-refractivity contribution in [3.05, 3.63) is 75.6 Å². The lowest BCUT2D eigenvalue weighted by atomic mass is 10.0. The van der Waals surface area contributed by atoms with E-state index in [0.29, 0.717) is 33.2 Å². The number of aromatic amines is 1. The van der Waals surface area contributed by atoms with Crippen LogP contribution in [0.5, 0.6) is 5.75 Å². The summed E-state index contributed by atoms with van der Waals surface area (Å²) in [7, 11) is 1.65. The molecule has 1 amide bonds. The Morgan fingerprint density at radius 2 is 2.03 bits per heavy atom. The van der Waals surface area contributed by atoms with Crippen LogP contribution in [0.3, 0.4) is 0 Å². The number of carbonyl (C=O) groups excluding carboxylic acids is 1. The molecule has 2 N–H and O–H groups in total. The van der Waals surface area contributed by atoms with Crippen LogP contribution < -0.4 is 15.6 Å². The average molecular weight is 457 g/mol. The minimum absolute atomic E-state index is 0.0779. The Hall–Kier alpha value is -3.91. The fourth-order valence-electron chi connectivity index (χ4n) is 4.53. The van der Waals surface area contributed by atoms with Gasteiger partial charge in [0.2, 0.25) is 0 Å². The summed E-state index contributed by atoms with van der Waals surface area (Å²) < 4.78 is 7.13. The fraction of sp³-hybridized carbons (Fsp3) is 0.160. The summed E-state index contributed by atoms with van der Waals surface area (Å²) in [6.45, 7) is 2.41. The van der Waals surface area contributed by atoms with Crippen molar-refractivity contribution in [2.45, 2.75) is 19.9 Å². The van der Waals surface area contributed by atoms with Gasteiger partial charge in [-0.15, -0.1) is 0 Å². The summed E-state index contributed by atoms with van der Waals surface area (Å²) in [5, 5.41) is 5.25. The maximum atomic E-state index is 13.5. The lowest BCUT2D eigenvalue weighted by Crippen LogP contribution is -2.27. The molecule has 5 aromatic rings. The third-order valence-corrected chi connectivity index (χ3v) is 7.34. The third-order valence-electron chi connectivity index (χ3n) is 6.24. The molecular formula is C25H20N4O3S. The third kappa shape index (κ3) is 2.98. The standard InChI is InChI=1S/C25H20N4O3S/c1-13-19-24(33-23(13)28-22(30)14-6-4-3-5-7-14)27-21-20-16(10-11-29(21)25(19)31)17-12-15(32-2)8-9-18(17)26-20/h3-9,12,26H,10-11H2,1-2H3,(H,28,30). The zero-order valence-electron chi connectivity index (χ0n) is 18.1. The van der Waals surface area contributed by atoms with Gasteiger partial charge in [0.1, 0.15) is 15.6 Å². The van der Waals surface area contributed by atoms with Crippen molar-refractivity contribution in [3.63, 3.8) is 0 Å². The first kappa shape index (κ1) is 19.8. The number of ether oxygens (including phenoxy) is 1. The highest BCUT2D eigenvalue weighted by molar-refractivity contribution is 7.22. The Kier molecular flexibility index (Phi) is 4.38. The molecule has 2 aromatic carbocycles. The maximum absolute atomic E-state index is 13.5. The predicted molar refractivity (Wildman–Crippen MR) is 131 cm³/mol.